The Morgan fingerprint density at radius 3 is 2.25 bits per heavy atom. The molecule has 6 aromatic rings. The quantitative estimate of drug-likeness (QED) is 0.0101. The van der Waals surface area contributed by atoms with Gasteiger partial charge in [-0.3, -0.25) is 48.2 Å². The van der Waals surface area contributed by atoms with Crippen LogP contribution >= 0.6 is 11.3 Å². The number of aromatic carboxylic acids is 1. The largest absolute Gasteiger partial charge is 0.476 e. The molecular formula is C77H98N14O15S2. The molecule has 108 heavy (non-hydrogen) atoms. The summed E-state index contributed by atoms with van der Waals surface area (Å²) in [6.07, 6.45) is 12.9. The zero-order valence-corrected chi connectivity index (χ0v) is 63.6. The van der Waals surface area contributed by atoms with Crippen molar-refractivity contribution in [1.29, 1.82) is 0 Å². The molecule has 4 atom stereocenters. The number of aromatic nitrogens is 4. The highest BCUT2D eigenvalue weighted by atomic mass is 32.2. The number of para-hydroxylation sites is 1. The number of hydrogen-bond acceptors (Lipinski definition) is 19. The van der Waals surface area contributed by atoms with Crippen LogP contribution in [0.5, 0.6) is 0 Å². The molecule has 4 aliphatic carbocycles. The number of carbonyl (C=O) groups excluding carboxylic acids is 8. The Kier molecular flexibility index (Phi) is 24.9. The lowest BCUT2D eigenvalue weighted by atomic mass is 9.39. The molecule has 29 nitrogen and oxygen atoms in total. The van der Waals surface area contributed by atoms with Crippen LogP contribution in [0.25, 0.3) is 21.3 Å². The lowest BCUT2D eigenvalue weighted by Gasteiger charge is -2.69. The fourth-order valence-corrected chi connectivity index (χ4v) is 18.6. The molecule has 2 aliphatic heterocycles. The number of ether oxygens (including phenoxy) is 2. The maximum atomic E-state index is 14.6. The number of fused-ring (bicyclic) bond motifs is 2. The van der Waals surface area contributed by atoms with Crippen molar-refractivity contribution in [1.82, 2.24) is 50.8 Å². The second-order valence-corrected chi connectivity index (χ2v) is 33.4. The number of amides is 9. The molecule has 5 heterocycles. The number of nitrogens with one attached hydrogen (secondary N) is 6. The first kappa shape index (κ1) is 79.4. The van der Waals surface area contributed by atoms with Gasteiger partial charge in [-0.05, 0) is 177 Å². The first-order valence-electron chi connectivity index (χ1n) is 36.9. The monoisotopic (exact) mass is 1520 g/mol. The van der Waals surface area contributed by atoms with Gasteiger partial charge in [0.05, 0.1) is 34.4 Å². The Morgan fingerprint density at radius 2 is 1.55 bits per heavy atom. The van der Waals surface area contributed by atoms with Gasteiger partial charge in [0.2, 0.25) is 17.7 Å². The predicted molar refractivity (Wildman–Crippen MR) is 406 cm³/mol. The number of nitrogens with two attached hydrogens (primary N) is 1. The molecule has 0 spiro atoms. The number of carboxylic acid groups (broad SMARTS) is 1. The number of hydrogen-bond donors (Lipinski definition) is 9. The number of primary amides is 1. The normalized spacial score (nSPS) is 20.5. The van der Waals surface area contributed by atoms with E-state index >= 15 is 0 Å². The van der Waals surface area contributed by atoms with Gasteiger partial charge in [0.25, 0.3) is 27.8 Å². The molecule has 6 aliphatic rings. The number of anilines is 3. The highest BCUT2D eigenvalue weighted by Crippen LogP contribution is 2.72. The molecule has 0 saturated heterocycles. The molecule has 12 rings (SSSR count). The van der Waals surface area contributed by atoms with E-state index in [2.05, 4.69) is 56.8 Å². The number of carboxylic acids is 1. The van der Waals surface area contributed by atoms with Gasteiger partial charge < -0.3 is 56.7 Å². The molecule has 4 bridgehead atoms. The van der Waals surface area contributed by atoms with E-state index in [0.717, 1.165) is 76.0 Å². The average Bonchev–Trinajstić information content (AvgIpc) is 1.07. The van der Waals surface area contributed by atoms with E-state index in [1.54, 1.807) is 57.4 Å². The molecule has 3 aromatic carbocycles. The van der Waals surface area contributed by atoms with Crippen LogP contribution in [0.1, 0.15) is 160 Å². The Morgan fingerprint density at radius 1 is 0.806 bits per heavy atom. The van der Waals surface area contributed by atoms with Crippen LogP contribution in [0.3, 0.4) is 0 Å². The maximum absolute atomic E-state index is 14.6. The zero-order valence-electron chi connectivity index (χ0n) is 62.0. The molecule has 578 valence electrons. The smallest absolute Gasteiger partial charge is 0.409 e. The van der Waals surface area contributed by atoms with Crippen molar-refractivity contribution >= 4 is 102 Å². The SMILES string of the molecule is Cc1c(-c2ccc(N3CCc4cc(CCCN(C)C(=O)OCc5ccc(NC(=O)[C@H](CCCNC(N)=O)NC(=O)C(NC(=O)CCCCCN6C(=O)C=CC6=O)C(C)C)cc5)cc(C(=O)Nc5nc6ccccc6s5)c4C3)nc2C(=O)O)cnn1CC12CC3(C)CC(C)(C1)CC(OCCNCCS(=O)(=O)O)(C3)C2. The van der Waals surface area contributed by atoms with Crippen molar-refractivity contribution in [2.75, 3.05) is 74.2 Å². The fraction of sp³-hybridized carbons (Fsp3) is 0.506. The second kappa shape index (κ2) is 33.8. The summed E-state index contributed by atoms with van der Waals surface area (Å²) >= 11 is 1.36. The fourth-order valence-electron chi connectivity index (χ4n) is 17.4. The van der Waals surface area contributed by atoms with Gasteiger partial charge in [-0.1, -0.05) is 75.8 Å². The lowest BCUT2D eigenvalue weighted by molar-refractivity contribution is -0.247. The van der Waals surface area contributed by atoms with Crippen LogP contribution in [0.15, 0.2) is 91.1 Å². The molecule has 3 aromatic heterocycles. The summed E-state index contributed by atoms with van der Waals surface area (Å²) in [6.45, 7) is 13.2. The van der Waals surface area contributed by atoms with Crippen molar-refractivity contribution in [3.63, 3.8) is 0 Å². The number of aryl methyl sites for hydroxylation is 1. The third kappa shape index (κ3) is 20.0. The first-order valence-corrected chi connectivity index (χ1v) is 39.4. The van der Waals surface area contributed by atoms with Gasteiger partial charge >= 0.3 is 18.1 Å². The Labute approximate surface area is 632 Å². The van der Waals surface area contributed by atoms with Crippen LogP contribution in [0, 0.1) is 29.1 Å². The third-order valence-electron chi connectivity index (χ3n) is 21.2. The van der Waals surface area contributed by atoms with Crippen LogP contribution in [0.2, 0.25) is 0 Å². The van der Waals surface area contributed by atoms with Crippen molar-refractivity contribution in [2.24, 2.45) is 27.9 Å². The van der Waals surface area contributed by atoms with E-state index in [-0.39, 0.29) is 115 Å². The number of pyridine rings is 1. The van der Waals surface area contributed by atoms with Crippen molar-refractivity contribution in [2.45, 2.75) is 168 Å². The molecule has 4 fully saturated rings. The van der Waals surface area contributed by atoms with E-state index in [9.17, 15) is 61.2 Å². The standard InChI is InChI=1S/C77H98N14O15S2/c1-48(2)65(86-62(92)18-8-7-11-32-90-63(93)25-26-64(90)94)69(97)83-59(16-12-28-80-71(78)100)68(96)82-53-21-19-50(20-22-53)40-105-73(101)88(6)31-13-14-51-36-52-27-33-89(39-57(52)55(37-51)67(95)87-72-84-58-15-9-10-17-60(58)107-72)61-24-23-54(66(85-61)70(98)99)56-38-81-91(49(56)3)47-76-42-74(4)41-75(5,43-76)45-77(44-74,46-76)106-34-29-79-30-35-108(102,103)104/h9-10,15,17,19-26,36-38,48,59,65,79H,7-8,11-14,16,18,27-35,39-47H2,1-6H3,(H,82,96)(H,83,97)(H,86,92)(H,98,99)(H3,78,80,100)(H,84,87,95)(H,102,103,104)/t59-,65?,74?,75?,76?,77?/m0/s1. The Hall–Kier alpha value is -9.69. The van der Waals surface area contributed by atoms with E-state index in [1.165, 1.54) is 28.4 Å². The van der Waals surface area contributed by atoms with Crippen molar-refractivity contribution < 1.29 is 70.7 Å². The summed E-state index contributed by atoms with van der Waals surface area (Å²) < 4.78 is 47.2. The number of thiazole rings is 1. The molecule has 3 unspecified atom stereocenters. The summed E-state index contributed by atoms with van der Waals surface area (Å²) in [6, 6.07) is 19.0. The molecule has 31 heteroatoms. The second-order valence-electron chi connectivity index (χ2n) is 30.8. The van der Waals surface area contributed by atoms with Gasteiger partial charge in [0.1, 0.15) is 24.5 Å². The summed E-state index contributed by atoms with van der Waals surface area (Å²) in [4.78, 5) is 131. The number of imide groups is 1. The number of unbranched alkanes of at least 4 members (excludes halogenated alkanes) is 2. The molecular weight excluding hydrogens is 1430 g/mol. The van der Waals surface area contributed by atoms with E-state index in [4.69, 9.17) is 25.3 Å². The summed E-state index contributed by atoms with van der Waals surface area (Å²) in [5.74, 6) is -4.10. The van der Waals surface area contributed by atoms with Gasteiger partial charge in [-0.2, -0.15) is 13.5 Å². The van der Waals surface area contributed by atoms with Crippen LogP contribution in [-0.4, -0.2) is 178 Å². The Balaban J connectivity index is 0.700. The van der Waals surface area contributed by atoms with Gasteiger partial charge in [-0.25, -0.2) is 24.4 Å². The maximum Gasteiger partial charge on any atom is 0.409 e. The first-order chi connectivity index (χ1) is 51.4. The summed E-state index contributed by atoms with van der Waals surface area (Å²) in [7, 11) is -2.44. The lowest BCUT2D eigenvalue weighted by Crippen LogP contribution is -2.64. The molecule has 4 saturated carbocycles. The van der Waals surface area contributed by atoms with Gasteiger partial charge in [0.15, 0.2) is 10.8 Å². The number of carbonyl (C=O) groups is 9. The van der Waals surface area contributed by atoms with Crippen LogP contribution < -0.4 is 42.5 Å². The van der Waals surface area contributed by atoms with Crippen LogP contribution in [0.4, 0.5) is 26.2 Å². The van der Waals surface area contributed by atoms with Gasteiger partial charge in [0, 0.05) is 106 Å². The average molecular weight is 1520 g/mol. The number of nitrogens with zero attached hydrogens (tertiary/aromatic N) is 7. The third-order valence-corrected chi connectivity index (χ3v) is 22.9. The topological polar surface area (TPSA) is 398 Å². The minimum Gasteiger partial charge on any atom is -0.476 e. The highest BCUT2D eigenvalue weighted by Gasteiger charge is 2.66. The number of urea groups is 1. The number of rotatable bonds is 36. The van der Waals surface area contributed by atoms with E-state index in [0.29, 0.717) is 110 Å². The summed E-state index contributed by atoms with van der Waals surface area (Å²) in [5.41, 5.74) is 11.4. The van der Waals surface area contributed by atoms with Crippen LogP contribution in [-0.2, 0) is 76.1 Å². The van der Waals surface area contributed by atoms with Gasteiger partial charge in [-0.15, -0.1) is 0 Å². The van der Waals surface area contributed by atoms with Crippen molar-refractivity contribution in [3.8, 4) is 11.1 Å². The van der Waals surface area contributed by atoms with E-state index < -0.39 is 52.1 Å². The Bertz CT molecular complexity index is 4470. The highest BCUT2D eigenvalue weighted by molar-refractivity contribution is 7.85. The molecule has 0 radical (unpaired) electrons. The molecule has 10 N–H and O–H groups in total. The molecule has 9 amide bonds. The summed E-state index contributed by atoms with van der Waals surface area (Å²) in [5, 5.41) is 33.2. The number of benzene rings is 3. The predicted octanol–water partition coefficient (Wildman–Crippen LogP) is 8.69. The van der Waals surface area contributed by atoms with Crippen molar-refractivity contribution in [3.05, 3.63) is 130 Å². The minimum absolute atomic E-state index is 0.0449. The van der Waals surface area contributed by atoms with E-state index in [1.807, 2.05) is 52.9 Å². The minimum atomic E-state index is -4.07. The zero-order chi connectivity index (χ0) is 77.3.